The highest BCUT2D eigenvalue weighted by atomic mass is 16.5. The first-order chi connectivity index (χ1) is 11.8. The number of rotatable bonds is 6. The molecule has 0 saturated carbocycles. The third kappa shape index (κ3) is 4.67. The SMILES string of the molecule is CC1(c2ccccc2)CN(CCOCc2ccccc2)CCCN1. The summed E-state index contributed by atoms with van der Waals surface area (Å²) in [7, 11) is 0. The topological polar surface area (TPSA) is 24.5 Å². The molecular weight excluding hydrogens is 296 g/mol. The summed E-state index contributed by atoms with van der Waals surface area (Å²) in [6.07, 6.45) is 1.18. The molecule has 0 bridgehead atoms. The normalized spacial score (nSPS) is 22.2. The van der Waals surface area contributed by atoms with Crippen molar-refractivity contribution in [1.82, 2.24) is 10.2 Å². The van der Waals surface area contributed by atoms with Gasteiger partial charge < -0.3 is 10.1 Å². The van der Waals surface area contributed by atoms with Crippen LogP contribution in [-0.2, 0) is 16.9 Å². The summed E-state index contributed by atoms with van der Waals surface area (Å²) in [6, 6.07) is 21.2. The van der Waals surface area contributed by atoms with E-state index in [9.17, 15) is 0 Å². The highest BCUT2D eigenvalue weighted by Gasteiger charge is 2.30. The van der Waals surface area contributed by atoms with Crippen LogP contribution in [0.1, 0.15) is 24.5 Å². The second kappa shape index (κ2) is 8.43. The molecule has 3 heteroatoms. The predicted octanol–water partition coefficient (Wildman–Crippen LogP) is 3.41. The predicted molar refractivity (Wildman–Crippen MR) is 99.0 cm³/mol. The molecule has 3 nitrogen and oxygen atoms in total. The van der Waals surface area contributed by atoms with Crippen molar-refractivity contribution >= 4 is 0 Å². The third-order valence-electron chi connectivity index (χ3n) is 4.78. The zero-order chi connectivity index (χ0) is 16.7. The Kier molecular flexibility index (Phi) is 6.02. The molecule has 128 valence electrons. The Morgan fingerprint density at radius 3 is 2.50 bits per heavy atom. The van der Waals surface area contributed by atoms with Gasteiger partial charge in [-0.1, -0.05) is 60.7 Å². The van der Waals surface area contributed by atoms with Crippen LogP contribution >= 0.6 is 0 Å². The lowest BCUT2D eigenvalue weighted by Gasteiger charge is -2.34. The molecule has 1 aliphatic heterocycles. The van der Waals surface area contributed by atoms with Gasteiger partial charge in [-0.25, -0.2) is 0 Å². The number of benzene rings is 2. The van der Waals surface area contributed by atoms with E-state index >= 15 is 0 Å². The van der Waals surface area contributed by atoms with Crippen molar-refractivity contribution in [2.45, 2.75) is 25.5 Å². The van der Waals surface area contributed by atoms with E-state index in [-0.39, 0.29) is 5.54 Å². The molecule has 1 unspecified atom stereocenters. The van der Waals surface area contributed by atoms with E-state index in [2.05, 4.69) is 71.7 Å². The first kappa shape index (κ1) is 17.2. The molecule has 0 aromatic heterocycles. The third-order valence-corrected chi connectivity index (χ3v) is 4.78. The number of hydrogen-bond donors (Lipinski definition) is 1. The molecule has 24 heavy (non-hydrogen) atoms. The fraction of sp³-hybridized carbons (Fsp3) is 0.429. The lowest BCUT2D eigenvalue weighted by atomic mass is 9.91. The highest BCUT2D eigenvalue weighted by molar-refractivity contribution is 5.24. The van der Waals surface area contributed by atoms with Gasteiger partial charge in [-0.3, -0.25) is 4.90 Å². The van der Waals surface area contributed by atoms with Gasteiger partial charge in [-0.2, -0.15) is 0 Å². The maximum atomic E-state index is 5.88. The van der Waals surface area contributed by atoms with Gasteiger partial charge in [0.2, 0.25) is 0 Å². The van der Waals surface area contributed by atoms with Crippen molar-refractivity contribution in [3.63, 3.8) is 0 Å². The molecule has 3 rings (SSSR count). The summed E-state index contributed by atoms with van der Waals surface area (Å²) in [5.74, 6) is 0. The van der Waals surface area contributed by atoms with Gasteiger partial charge in [0.25, 0.3) is 0 Å². The monoisotopic (exact) mass is 324 g/mol. The quantitative estimate of drug-likeness (QED) is 0.824. The largest absolute Gasteiger partial charge is 0.375 e. The average molecular weight is 324 g/mol. The maximum Gasteiger partial charge on any atom is 0.0717 e. The van der Waals surface area contributed by atoms with Gasteiger partial charge in [-0.05, 0) is 37.6 Å². The number of nitrogens with zero attached hydrogens (tertiary/aromatic N) is 1. The van der Waals surface area contributed by atoms with E-state index in [1.54, 1.807) is 0 Å². The molecule has 1 saturated heterocycles. The summed E-state index contributed by atoms with van der Waals surface area (Å²) in [6.45, 7) is 7.98. The van der Waals surface area contributed by atoms with Crippen molar-refractivity contribution in [3.05, 3.63) is 71.8 Å². The molecule has 1 N–H and O–H groups in total. The van der Waals surface area contributed by atoms with Gasteiger partial charge in [0.15, 0.2) is 0 Å². The minimum atomic E-state index is 0.0111. The van der Waals surface area contributed by atoms with Crippen LogP contribution in [0, 0.1) is 0 Å². The molecule has 2 aromatic carbocycles. The van der Waals surface area contributed by atoms with Crippen LogP contribution < -0.4 is 5.32 Å². The lowest BCUT2D eigenvalue weighted by molar-refractivity contribution is 0.0868. The summed E-state index contributed by atoms with van der Waals surface area (Å²) in [5.41, 5.74) is 2.61. The fourth-order valence-corrected chi connectivity index (χ4v) is 3.40. The molecule has 1 aliphatic rings. The fourth-order valence-electron chi connectivity index (χ4n) is 3.40. The molecular formula is C21H28N2O. The van der Waals surface area contributed by atoms with E-state index < -0.39 is 0 Å². The summed E-state index contributed by atoms with van der Waals surface area (Å²) >= 11 is 0. The van der Waals surface area contributed by atoms with Crippen LogP contribution in [0.15, 0.2) is 60.7 Å². The minimum absolute atomic E-state index is 0.0111. The van der Waals surface area contributed by atoms with E-state index in [1.165, 1.54) is 17.5 Å². The smallest absolute Gasteiger partial charge is 0.0717 e. The maximum absolute atomic E-state index is 5.88. The van der Waals surface area contributed by atoms with Crippen molar-refractivity contribution < 1.29 is 4.74 Å². The van der Waals surface area contributed by atoms with E-state index in [1.807, 2.05) is 6.07 Å². The van der Waals surface area contributed by atoms with Crippen molar-refractivity contribution in [2.24, 2.45) is 0 Å². The zero-order valence-corrected chi connectivity index (χ0v) is 14.6. The van der Waals surface area contributed by atoms with Crippen LogP contribution in [-0.4, -0.2) is 37.7 Å². The van der Waals surface area contributed by atoms with Gasteiger partial charge in [-0.15, -0.1) is 0 Å². The van der Waals surface area contributed by atoms with Crippen LogP contribution in [0.25, 0.3) is 0 Å². The number of nitrogens with one attached hydrogen (secondary N) is 1. The van der Waals surface area contributed by atoms with Crippen molar-refractivity contribution in [2.75, 3.05) is 32.8 Å². The van der Waals surface area contributed by atoms with Crippen LogP contribution in [0.3, 0.4) is 0 Å². The highest BCUT2D eigenvalue weighted by Crippen LogP contribution is 2.23. The Morgan fingerprint density at radius 2 is 1.75 bits per heavy atom. The summed E-state index contributed by atoms with van der Waals surface area (Å²) < 4.78 is 5.88. The first-order valence-electron chi connectivity index (χ1n) is 8.91. The minimum Gasteiger partial charge on any atom is -0.375 e. The Bertz CT molecular complexity index is 602. The van der Waals surface area contributed by atoms with Gasteiger partial charge in [0.05, 0.1) is 18.8 Å². The van der Waals surface area contributed by atoms with Crippen LogP contribution in [0.5, 0.6) is 0 Å². The average Bonchev–Trinajstić information content (AvgIpc) is 2.83. The Hall–Kier alpha value is -1.68. The number of ether oxygens (including phenoxy) is 1. The van der Waals surface area contributed by atoms with E-state index in [0.29, 0.717) is 6.61 Å². The van der Waals surface area contributed by atoms with Crippen LogP contribution in [0.2, 0.25) is 0 Å². The van der Waals surface area contributed by atoms with E-state index in [4.69, 9.17) is 4.74 Å². The summed E-state index contributed by atoms with van der Waals surface area (Å²) in [5, 5.41) is 3.74. The Labute approximate surface area is 145 Å². The number of hydrogen-bond acceptors (Lipinski definition) is 3. The lowest BCUT2D eigenvalue weighted by Crippen LogP contribution is -2.47. The summed E-state index contributed by atoms with van der Waals surface area (Å²) in [4.78, 5) is 2.53. The molecule has 0 radical (unpaired) electrons. The molecule has 2 aromatic rings. The molecule has 1 atom stereocenters. The molecule has 0 aliphatic carbocycles. The van der Waals surface area contributed by atoms with Crippen LogP contribution in [0.4, 0.5) is 0 Å². The molecule has 0 spiro atoms. The molecule has 0 amide bonds. The molecule has 1 heterocycles. The first-order valence-corrected chi connectivity index (χ1v) is 8.91. The Balaban J connectivity index is 1.52. The van der Waals surface area contributed by atoms with Crippen molar-refractivity contribution in [3.8, 4) is 0 Å². The Morgan fingerprint density at radius 1 is 1.04 bits per heavy atom. The van der Waals surface area contributed by atoms with E-state index in [0.717, 1.165) is 32.8 Å². The van der Waals surface area contributed by atoms with Gasteiger partial charge in [0, 0.05) is 13.1 Å². The van der Waals surface area contributed by atoms with Gasteiger partial charge >= 0.3 is 0 Å². The van der Waals surface area contributed by atoms with Gasteiger partial charge in [0.1, 0.15) is 0 Å². The second-order valence-electron chi connectivity index (χ2n) is 6.79. The standard InChI is InChI=1S/C21H28N2O/c1-21(20-11-6-3-7-12-20)18-23(14-8-13-22-21)15-16-24-17-19-9-4-2-5-10-19/h2-7,9-12,22H,8,13-18H2,1H3. The zero-order valence-electron chi connectivity index (χ0n) is 14.6. The van der Waals surface area contributed by atoms with Crippen molar-refractivity contribution in [1.29, 1.82) is 0 Å². The second-order valence-corrected chi connectivity index (χ2v) is 6.79. The molecule has 1 fully saturated rings.